The van der Waals surface area contributed by atoms with Crippen molar-refractivity contribution in [3.8, 4) is 11.4 Å². The molecule has 17 heavy (non-hydrogen) atoms. The van der Waals surface area contributed by atoms with Gasteiger partial charge in [0, 0.05) is 19.3 Å². The molecule has 0 amide bonds. The average molecular weight is 246 g/mol. The number of anilines is 1. The zero-order valence-corrected chi connectivity index (χ0v) is 10.2. The molecule has 1 N–H and O–H groups in total. The topological polar surface area (TPSA) is 68.0 Å². The second-order valence-electron chi connectivity index (χ2n) is 3.55. The molecule has 7 heteroatoms. The van der Waals surface area contributed by atoms with Crippen molar-refractivity contribution < 1.29 is 0 Å². The largest absolute Gasteiger partial charge is 0.378 e. The Balaban J connectivity index is 2.30. The van der Waals surface area contributed by atoms with Gasteiger partial charge in [0.1, 0.15) is 11.3 Å². The molecule has 0 radical (unpaired) electrons. The predicted octanol–water partition coefficient (Wildman–Crippen LogP) is 1.60. The van der Waals surface area contributed by atoms with Gasteiger partial charge < -0.3 is 5.32 Å². The fourth-order valence-corrected chi connectivity index (χ4v) is 2.46. The summed E-state index contributed by atoms with van der Waals surface area (Å²) in [5.74, 6) is 0.767. The molecular formula is C10H10N6S. The molecule has 0 bridgehead atoms. The van der Waals surface area contributed by atoms with E-state index >= 15 is 0 Å². The Morgan fingerprint density at radius 3 is 3.06 bits per heavy atom. The molecule has 3 rings (SSSR count). The van der Waals surface area contributed by atoms with Gasteiger partial charge in [-0.2, -0.15) is 4.37 Å². The van der Waals surface area contributed by atoms with Crippen LogP contribution in [0.15, 0.2) is 18.6 Å². The number of aryl methyl sites for hydroxylation is 1. The van der Waals surface area contributed by atoms with Crippen LogP contribution in [0.1, 0.15) is 5.69 Å². The third-order valence-electron chi connectivity index (χ3n) is 2.53. The number of hydrogen-bond acceptors (Lipinski definition) is 6. The Morgan fingerprint density at radius 2 is 2.24 bits per heavy atom. The van der Waals surface area contributed by atoms with Gasteiger partial charge in [0.2, 0.25) is 0 Å². The van der Waals surface area contributed by atoms with Crippen LogP contribution >= 0.6 is 11.5 Å². The molecule has 0 aliphatic rings. The van der Waals surface area contributed by atoms with E-state index in [1.165, 1.54) is 11.5 Å². The van der Waals surface area contributed by atoms with Gasteiger partial charge in [-0.15, -0.1) is 10.2 Å². The van der Waals surface area contributed by atoms with Crippen LogP contribution in [0, 0.1) is 6.92 Å². The first-order valence-electron chi connectivity index (χ1n) is 5.10. The summed E-state index contributed by atoms with van der Waals surface area (Å²) in [4.78, 5) is 4.09. The van der Waals surface area contributed by atoms with E-state index < -0.39 is 0 Å². The summed E-state index contributed by atoms with van der Waals surface area (Å²) in [7, 11) is 1.87. The van der Waals surface area contributed by atoms with E-state index in [1.54, 1.807) is 12.5 Å². The standard InChI is InChI=1S/C10H10N6S/c1-6-8(10(11-2)17-15-6)9-14-13-7-3-4-12-5-16(7)9/h3-5,11H,1-2H3. The van der Waals surface area contributed by atoms with Gasteiger partial charge in [0.05, 0.1) is 11.3 Å². The molecule has 3 aromatic heterocycles. The Labute approximate surface area is 102 Å². The second kappa shape index (κ2) is 3.77. The third kappa shape index (κ3) is 1.47. The van der Waals surface area contributed by atoms with Crippen molar-refractivity contribution in [1.29, 1.82) is 0 Å². The normalized spacial score (nSPS) is 10.9. The van der Waals surface area contributed by atoms with E-state index in [0.29, 0.717) is 0 Å². The van der Waals surface area contributed by atoms with E-state index in [0.717, 1.165) is 27.7 Å². The van der Waals surface area contributed by atoms with Crippen LogP contribution in [-0.2, 0) is 0 Å². The Hall–Kier alpha value is -2.02. The van der Waals surface area contributed by atoms with Crippen molar-refractivity contribution in [3.05, 3.63) is 24.3 Å². The Bertz CT molecular complexity index is 670. The summed E-state index contributed by atoms with van der Waals surface area (Å²) in [6, 6.07) is 1.82. The van der Waals surface area contributed by atoms with E-state index in [4.69, 9.17) is 0 Å². The molecular weight excluding hydrogens is 236 g/mol. The minimum absolute atomic E-state index is 0.767. The highest BCUT2D eigenvalue weighted by molar-refractivity contribution is 7.10. The summed E-state index contributed by atoms with van der Waals surface area (Å²) in [5.41, 5.74) is 2.71. The fraction of sp³-hybridized carbons (Fsp3) is 0.200. The Kier molecular flexibility index (Phi) is 2.25. The van der Waals surface area contributed by atoms with E-state index in [9.17, 15) is 0 Å². The highest BCUT2D eigenvalue weighted by atomic mass is 32.1. The molecule has 6 nitrogen and oxygen atoms in total. The number of aromatic nitrogens is 5. The zero-order valence-electron chi connectivity index (χ0n) is 9.38. The second-order valence-corrected chi connectivity index (χ2v) is 4.33. The van der Waals surface area contributed by atoms with Crippen LogP contribution in [-0.4, -0.2) is 31.0 Å². The molecule has 86 valence electrons. The minimum Gasteiger partial charge on any atom is -0.378 e. The smallest absolute Gasteiger partial charge is 0.174 e. The molecule has 3 aromatic rings. The maximum atomic E-state index is 4.33. The molecule has 0 aliphatic heterocycles. The van der Waals surface area contributed by atoms with E-state index in [2.05, 4.69) is 24.9 Å². The summed E-state index contributed by atoms with van der Waals surface area (Å²) in [6.45, 7) is 1.96. The molecule has 3 heterocycles. The van der Waals surface area contributed by atoms with Crippen molar-refractivity contribution in [3.63, 3.8) is 0 Å². The van der Waals surface area contributed by atoms with Crippen LogP contribution in [0.3, 0.4) is 0 Å². The lowest BCUT2D eigenvalue weighted by atomic mass is 10.2. The van der Waals surface area contributed by atoms with Gasteiger partial charge in [-0.1, -0.05) is 0 Å². The highest BCUT2D eigenvalue weighted by Gasteiger charge is 2.17. The zero-order chi connectivity index (χ0) is 11.8. The lowest BCUT2D eigenvalue weighted by molar-refractivity contribution is 1.07. The highest BCUT2D eigenvalue weighted by Crippen LogP contribution is 2.32. The molecule has 0 unspecified atom stereocenters. The lowest BCUT2D eigenvalue weighted by Gasteiger charge is -2.01. The van der Waals surface area contributed by atoms with Crippen LogP contribution in [0.5, 0.6) is 0 Å². The van der Waals surface area contributed by atoms with Gasteiger partial charge >= 0.3 is 0 Å². The molecule has 0 atom stereocenters. The summed E-state index contributed by atoms with van der Waals surface area (Å²) < 4.78 is 6.19. The van der Waals surface area contributed by atoms with Crippen LogP contribution < -0.4 is 5.32 Å². The van der Waals surface area contributed by atoms with Gasteiger partial charge in [0.15, 0.2) is 11.5 Å². The maximum absolute atomic E-state index is 4.33. The van der Waals surface area contributed by atoms with E-state index in [1.807, 2.05) is 24.4 Å². The molecule has 0 aromatic carbocycles. The predicted molar refractivity (Wildman–Crippen MR) is 66.2 cm³/mol. The quantitative estimate of drug-likeness (QED) is 0.743. The summed E-state index contributed by atoms with van der Waals surface area (Å²) in [5, 5.41) is 12.4. The van der Waals surface area contributed by atoms with Crippen LogP contribution in [0.2, 0.25) is 0 Å². The first kappa shape index (κ1) is 10.2. The number of hydrogen-bond donors (Lipinski definition) is 1. The van der Waals surface area contributed by atoms with Crippen molar-refractivity contribution in [1.82, 2.24) is 24.0 Å². The minimum atomic E-state index is 0.767. The van der Waals surface area contributed by atoms with Crippen molar-refractivity contribution in [2.24, 2.45) is 0 Å². The molecule has 0 saturated carbocycles. The molecule has 0 spiro atoms. The monoisotopic (exact) mass is 246 g/mol. The lowest BCUT2D eigenvalue weighted by Crippen LogP contribution is -1.94. The number of nitrogens with zero attached hydrogens (tertiary/aromatic N) is 5. The fourth-order valence-electron chi connectivity index (χ4n) is 1.72. The molecule has 0 fully saturated rings. The van der Waals surface area contributed by atoms with Crippen molar-refractivity contribution >= 4 is 22.2 Å². The van der Waals surface area contributed by atoms with Gasteiger partial charge in [-0.3, -0.25) is 4.40 Å². The number of rotatable bonds is 2. The van der Waals surface area contributed by atoms with Crippen LogP contribution in [0.4, 0.5) is 5.00 Å². The third-order valence-corrected chi connectivity index (χ3v) is 3.48. The van der Waals surface area contributed by atoms with Gasteiger partial charge in [0.25, 0.3) is 0 Å². The Morgan fingerprint density at radius 1 is 1.35 bits per heavy atom. The van der Waals surface area contributed by atoms with Crippen LogP contribution in [0.25, 0.3) is 17.0 Å². The van der Waals surface area contributed by atoms with E-state index in [-0.39, 0.29) is 0 Å². The van der Waals surface area contributed by atoms with Crippen molar-refractivity contribution in [2.75, 3.05) is 12.4 Å². The molecule has 0 aliphatic carbocycles. The number of nitrogens with one attached hydrogen (secondary N) is 1. The first-order chi connectivity index (χ1) is 8.31. The van der Waals surface area contributed by atoms with Gasteiger partial charge in [-0.05, 0) is 18.5 Å². The number of fused-ring (bicyclic) bond motifs is 1. The first-order valence-corrected chi connectivity index (χ1v) is 5.87. The molecule has 0 saturated heterocycles. The summed E-state index contributed by atoms with van der Waals surface area (Å²) in [6.07, 6.45) is 3.41. The maximum Gasteiger partial charge on any atom is 0.174 e. The summed E-state index contributed by atoms with van der Waals surface area (Å²) >= 11 is 1.42. The average Bonchev–Trinajstić information content (AvgIpc) is 2.92. The van der Waals surface area contributed by atoms with Crippen molar-refractivity contribution in [2.45, 2.75) is 6.92 Å². The van der Waals surface area contributed by atoms with Gasteiger partial charge in [-0.25, -0.2) is 4.98 Å². The SMILES string of the molecule is CNc1snc(C)c1-c1nnc2ccncn12.